The van der Waals surface area contributed by atoms with Crippen LogP contribution in [0.15, 0.2) is 79.0 Å². The topological polar surface area (TPSA) is 82.1 Å². The Morgan fingerprint density at radius 3 is 2.39 bits per heavy atom. The highest BCUT2D eigenvalue weighted by Crippen LogP contribution is 2.33. The Bertz CT molecular complexity index is 1720. The van der Waals surface area contributed by atoms with Crippen LogP contribution in [0.5, 0.6) is 0 Å². The van der Waals surface area contributed by atoms with Gasteiger partial charge in [-0.15, -0.1) is 0 Å². The maximum absolute atomic E-state index is 13.3. The molecule has 6 rings (SSSR count). The summed E-state index contributed by atoms with van der Waals surface area (Å²) in [6, 6.07) is 20.8. The van der Waals surface area contributed by atoms with E-state index in [2.05, 4.69) is 20.6 Å². The first-order chi connectivity index (χ1) is 21.2. The van der Waals surface area contributed by atoms with Crippen molar-refractivity contribution in [2.45, 2.75) is 19.6 Å². The fourth-order valence-electron chi connectivity index (χ4n) is 4.90. The Hall–Kier alpha value is -4.42. The maximum Gasteiger partial charge on any atom is 0.416 e. The van der Waals surface area contributed by atoms with Gasteiger partial charge < -0.3 is 15.1 Å². The monoisotopic (exact) mass is 636 g/mol. The van der Waals surface area contributed by atoms with Crippen molar-refractivity contribution < 1.29 is 13.2 Å². The summed E-state index contributed by atoms with van der Waals surface area (Å²) in [5.41, 5.74) is 2.67. The van der Waals surface area contributed by atoms with Crippen LogP contribution in [-0.4, -0.2) is 46.1 Å². The summed E-state index contributed by atoms with van der Waals surface area (Å²) < 4.78 is 39.8. The van der Waals surface area contributed by atoms with Crippen LogP contribution in [0.25, 0.3) is 11.4 Å². The molecule has 13 heteroatoms. The second kappa shape index (κ2) is 12.7. The van der Waals surface area contributed by atoms with Crippen molar-refractivity contribution in [3.63, 3.8) is 0 Å². The van der Waals surface area contributed by atoms with Gasteiger partial charge in [0.05, 0.1) is 22.8 Å². The number of piperazine rings is 1. The Morgan fingerprint density at radius 2 is 1.64 bits per heavy atom. The number of anilines is 5. The molecule has 2 N–H and O–H groups in total. The first kappa shape index (κ1) is 29.6. The van der Waals surface area contributed by atoms with Crippen LogP contribution in [0.4, 0.5) is 41.6 Å². The van der Waals surface area contributed by atoms with Crippen LogP contribution in [-0.2, 0) is 12.7 Å². The number of benzene rings is 3. The smallest absolute Gasteiger partial charge is 0.379 e. The number of rotatable bonds is 8. The molecule has 226 valence electrons. The van der Waals surface area contributed by atoms with E-state index in [4.69, 9.17) is 21.6 Å². The fraction of sp³-hybridized carbons (Fsp3) is 0.226. The molecule has 0 bridgehead atoms. The minimum atomic E-state index is -4.39. The number of para-hydroxylation sites is 1. The van der Waals surface area contributed by atoms with Crippen LogP contribution in [0, 0.1) is 6.92 Å². The standard InChI is InChI=1S/C31H28ClF3N8S/c1-20-7-5-12-25(32)26(20)36-18-24-19-37-30(44-24)41-28-38-27(21-8-3-2-4-9-21)39-29(40-28)43-15-13-42(14-16-43)23-11-6-10-22(17-23)31(33,34)35/h2-12,17,19,36H,13-16,18H2,1H3,(H,37,38,39,40,41). The van der Waals surface area contributed by atoms with Crippen LogP contribution in [0.1, 0.15) is 16.0 Å². The second-order valence-corrected chi connectivity index (χ2v) is 11.7. The van der Waals surface area contributed by atoms with Gasteiger partial charge in [-0.3, -0.25) is 5.32 Å². The van der Waals surface area contributed by atoms with E-state index in [1.807, 2.05) is 65.3 Å². The van der Waals surface area contributed by atoms with Gasteiger partial charge in [-0.1, -0.05) is 71.5 Å². The second-order valence-electron chi connectivity index (χ2n) is 10.2. The lowest BCUT2D eigenvalue weighted by atomic mass is 10.1. The molecular weight excluding hydrogens is 609 g/mol. The highest BCUT2D eigenvalue weighted by molar-refractivity contribution is 7.15. The summed E-state index contributed by atoms with van der Waals surface area (Å²) in [7, 11) is 0. The fourth-order valence-corrected chi connectivity index (χ4v) is 5.93. The van der Waals surface area contributed by atoms with Gasteiger partial charge in [0, 0.05) is 48.5 Å². The van der Waals surface area contributed by atoms with Crippen molar-refractivity contribution in [2.24, 2.45) is 0 Å². The van der Waals surface area contributed by atoms with E-state index < -0.39 is 11.7 Å². The molecule has 0 amide bonds. The van der Waals surface area contributed by atoms with E-state index >= 15 is 0 Å². The number of nitrogens with zero attached hydrogens (tertiary/aromatic N) is 6. The van der Waals surface area contributed by atoms with Gasteiger partial charge in [-0.2, -0.15) is 28.1 Å². The lowest BCUT2D eigenvalue weighted by molar-refractivity contribution is -0.137. The third kappa shape index (κ3) is 6.87. The molecule has 0 spiro atoms. The van der Waals surface area contributed by atoms with E-state index in [1.165, 1.54) is 23.5 Å². The first-order valence-electron chi connectivity index (χ1n) is 13.9. The molecule has 0 aliphatic carbocycles. The van der Waals surface area contributed by atoms with E-state index in [0.29, 0.717) is 66.3 Å². The summed E-state index contributed by atoms with van der Waals surface area (Å²) in [4.78, 5) is 23.6. The zero-order valence-corrected chi connectivity index (χ0v) is 25.2. The number of aromatic nitrogens is 4. The Kier molecular flexibility index (Phi) is 8.53. The molecule has 0 radical (unpaired) electrons. The molecule has 0 atom stereocenters. The van der Waals surface area contributed by atoms with Crippen molar-refractivity contribution >= 4 is 51.3 Å². The normalized spacial score (nSPS) is 13.7. The lowest BCUT2D eigenvalue weighted by Crippen LogP contribution is -2.47. The number of hydrogen-bond donors (Lipinski definition) is 2. The van der Waals surface area contributed by atoms with Crippen molar-refractivity contribution in [2.75, 3.05) is 46.6 Å². The summed E-state index contributed by atoms with van der Waals surface area (Å²) in [6.45, 7) is 4.65. The molecule has 0 unspecified atom stereocenters. The molecule has 8 nitrogen and oxygen atoms in total. The number of nitrogens with one attached hydrogen (secondary N) is 2. The minimum absolute atomic E-state index is 0.352. The zero-order valence-electron chi connectivity index (χ0n) is 23.6. The molecule has 5 aromatic rings. The number of hydrogen-bond acceptors (Lipinski definition) is 9. The molecule has 1 aliphatic rings. The predicted octanol–water partition coefficient (Wildman–Crippen LogP) is 7.66. The Labute approximate surface area is 261 Å². The van der Waals surface area contributed by atoms with Gasteiger partial charge in [0.2, 0.25) is 11.9 Å². The van der Waals surface area contributed by atoms with Gasteiger partial charge in [0.1, 0.15) is 0 Å². The number of thiazole rings is 1. The minimum Gasteiger partial charge on any atom is -0.379 e. The van der Waals surface area contributed by atoms with Gasteiger partial charge in [-0.25, -0.2) is 4.98 Å². The van der Waals surface area contributed by atoms with Crippen molar-refractivity contribution in [1.82, 2.24) is 19.9 Å². The van der Waals surface area contributed by atoms with Gasteiger partial charge in [0.25, 0.3) is 0 Å². The number of aryl methyl sites for hydroxylation is 1. The van der Waals surface area contributed by atoms with Gasteiger partial charge in [0.15, 0.2) is 11.0 Å². The summed E-state index contributed by atoms with van der Waals surface area (Å²) in [5.74, 6) is 1.34. The first-order valence-corrected chi connectivity index (χ1v) is 15.1. The van der Waals surface area contributed by atoms with Crippen LogP contribution in [0.3, 0.4) is 0 Å². The van der Waals surface area contributed by atoms with E-state index in [9.17, 15) is 13.2 Å². The quantitative estimate of drug-likeness (QED) is 0.180. The van der Waals surface area contributed by atoms with Crippen LogP contribution >= 0.6 is 22.9 Å². The number of halogens is 4. The number of alkyl halides is 3. The molecule has 3 heterocycles. The van der Waals surface area contributed by atoms with Crippen LogP contribution in [0.2, 0.25) is 5.02 Å². The largest absolute Gasteiger partial charge is 0.416 e. The van der Waals surface area contributed by atoms with E-state index in [-0.39, 0.29) is 0 Å². The molecule has 44 heavy (non-hydrogen) atoms. The highest BCUT2D eigenvalue weighted by atomic mass is 35.5. The predicted molar refractivity (Wildman–Crippen MR) is 170 cm³/mol. The van der Waals surface area contributed by atoms with Crippen LogP contribution < -0.4 is 20.4 Å². The molecule has 1 aliphatic heterocycles. The molecular formula is C31H28ClF3N8S. The van der Waals surface area contributed by atoms with Crippen molar-refractivity contribution in [3.05, 3.63) is 100 Å². The Morgan fingerprint density at radius 1 is 0.886 bits per heavy atom. The zero-order chi connectivity index (χ0) is 30.7. The van der Waals surface area contributed by atoms with Gasteiger partial charge >= 0.3 is 6.18 Å². The molecule has 3 aromatic carbocycles. The lowest BCUT2D eigenvalue weighted by Gasteiger charge is -2.36. The third-order valence-corrected chi connectivity index (χ3v) is 8.42. The van der Waals surface area contributed by atoms with E-state index in [0.717, 1.165) is 27.8 Å². The van der Waals surface area contributed by atoms with Crippen molar-refractivity contribution in [1.29, 1.82) is 0 Å². The maximum atomic E-state index is 13.3. The summed E-state index contributed by atoms with van der Waals surface area (Å²) in [5, 5.41) is 7.91. The Balaban J connectivity index is 1.19. The average molecular weight is 637 g/mol. The molecule has 1 saturated heterocycles. The summed E-state index contributed by atoms with van der Waals surface area (Å²) in [6.07, 6.45) is -2.59. The SMILES string of the molecule is Cc1cccc(Cl)c1NCc1cnc(Nc2nc(-c3ccccc3)nc(N3CCN(c4cccc(C(F)(F)F)c4)CC3)n2)s1. The average Bonchev–Trinajstić information content (AvgIpc) is 3.48. The highest BCUT2D eigenvalue weighted by Gasteiger charge is 2.31. The molecule has 1 fully saturated rings. The third-order valence-electron chi connectivity index (χ3n) is 7.19. The molecule has 0 saturated carbocycles. The molecule has 2 aromatic heterocycles. The van der Waals surface area contributed by atoms with Gasteiger partial charge in [-0.05, 0) is 36.8 Å². The van der Waals surface area contributed by atoms with Crippen molar-refractivity contribution in [3.8, 4) is 11.4 Å². The van der Waals surface area contributed by atoms with E-state index in [1.54, 1.807) is 12.3 Å². The summed E-state index contributed by atoms with van der Waals surface area (Å²) >= 11 is 7.83.